The lowest BCUT2D eigenvalue weighted by atomic mass is 10.2. The Morgan fingerprint density at radius 3 is 2.36 bits per heavy atom. The Bertz CT molecular complexity index is 1020. The first-order chi connectivity index (χ1) is 12.3. The van der Waals surface area contributed by atoms with Gasteiger partial charge in [0, 0.05) is 17.1 Å². The summed E-state index contributed by atoms with van der Waals surface area (Å²) < 4.78 is 2.23. The van der Waals surface area contributed by atoms with Crippen LogP contribution in [0.3, 0.4) is 0 Å². The van der Waals surface area contributed by atoms with Crippen molar-refractivity contribution in [1.29, 1.82) is 0 Å². The van der Waals surface area contributed by atoms with Crippen molar-refractivity contribution >= 4 is 28.7 Å². The molecule has 0 atom stereocenters. The molecule has 2 nitrogen and oxygen atoms in total. The Hall–Kier alpha value is -2.84. The number of nitrogens with zero attached hydrogens (tertiary/aromatic N) is 2. The summed E-state index contributed by atoms with van der Waals surface area (Å²) in [5.74, 6) is 0.954. The fraction of sp³-hybridized carbons (Fsp3) is 0.0455. The molecule has 25 heavy (non-hydrogen) atoms. The van der Waals surface area contributed by atoms with Crippen LogP contribution >= 0.6 is 11.6 Å². The van der Waals surface area contributed by atoms with Gasteiger partial charge < -0.3 is 4.57 Å². The molecule has 0 N–H and O–H groups in total. The van der Waals surface area contributed by atoms with E-state index in [4.69, 9.17) is 16.6 Å². The standard InChI is InChI=1S/C22H17ClN2/c23-19-14-12-18(13-15-19)22-24-20-10-4-5-11-21(20)25(22)16-6-9-17-7-2-1-3-8-17/h1-15H,16H2/b9-6+. The number of rotatable bonds is 4. The summed E-state index contributed by atoms with van der Waals surface area (Å²) in [4.78, 5) is 4.82. The molecule has 1 aromatic heterocycles. The van der Waals surface area contributed by atoms with Crippen LogP contribution in [-0.4, -0.2) is 9.55 Å². The molecule has 122 valence electrons. The van der Waals surface area contributed by atoms with Crippen molar-refractivity contribution in [3.05, 3.63) is 95.5 Å². The number of hydrogen-bond acceptors (Lipinski definition) is 1. The molecule has 3 heteroatoms. The fourth-order valence-corrected chi connectivity index (χ4v) is 3.06. The van der Waals surface area contributed by atoms with Crippen molar-refractivity contribution in [2.45, 2.75) is 6.54 Å². The second kappa shape index (κ2) is 6.96. The monoisotopic (exact) mass is 344 g/mol. The fourth-order valence-electron chi connectivity index (χ4n) is 2.94. The van der Waals surface area contributed by atoms with Crippen molar-refractivity contribution in [1.82, 2.24) is 9.55 Å². The summed E-state index contributed by atoms with van der Waals surface area (Å²) in [6, 6.07) is 26.4. The zero-order valence-corrected chi connectivity index (χ0v) is 14.4. The van der Waals surface area contributed by atoms with Crippen LogP contribution in [0.25, 0.3) is 28.5 Å². The normalized spacial score (nSPS) is 11.4. The summed E-state index contributed by atoms with van der Waals surface area (Å²) in [5, 5.41) is 0.732. The van der Waals surface area contributed by atoms with Crippen molar-refractivity contribution in [2.24, 2.45) is 0 Å². The van der Waals surface area contributed by atoms with Crippen LogP contribution in [0.5, 0.6) is 0 Å². The lowest BCUT2D eigenvalue weighted by Crippen LogP contribution is -1.98. The molecular formula is C22H17ClN2. The van der Waals surface area contributed by atoms with E-state index in [1.54, 1.807) is 0 Å². The minimum atomic E-state index is 0.732. The van der Waals surface area contributed by atoms with E-state index in [2.05, 4.69) is 34.9 Å². The average molecular weight is 345 g/mol. The van der Waals surface area contributed by atoms with Crippen LogP contribution in [0.1, 0.15) is 5.56 Å². The van der Waals surface area contributed by atoms with Gasteiger partial charge >= 0.3 is 0 Å². The molecule has 4 aromatic rings. The van der Waals surface area contributed by atoms with Crippen LogP contribution in [-0.2, 0) is 6.54 Å². The van der Waals surface area contributed by atoms with Crippen LogP contribution in [0.15, 0.2) is 84.9 Å². The summed E-state index contributed by atoms with van der Waals surface area (Å²) in [7, 11) is 0. The van der Waals surface area contributed by atoms with E-state index in [9.17, 15) is 0 Å². The number of benzene rings is 3. The van der Waals surface area contributed by atoms with Gasteiger partial charge in [0.2, 0.25) is 0 Å². The van der Waals surface area contributed by atoms with E-state index in [-0.39, 0.29) is 0 Å². The molecule has 0 aliphatic rings. The molecule has 0 unspecified atom stereocenters. The van der Waals surface area contributed by atoms with Crippen molar-refractivity contribution < 1.29 is 0 Å². The molecule has 0 aliphatic carbocycles. The Morgan fingerprint density at radius 2 is 1.56 bits per heavy atom. The highest BCUT2D eigenvalue weighted by Gasteiger charge is 2.11. The smallest absolute Gasteiger partial charge is 0.141 e. The minimum absolute atomic E-state index is 0.732. The number of para-hydroxylation sites is 2. The minimum Gasteiger partial charge on any atom is -0.320 e. The molecule has 0 spiro atoms. The predicted octanol–water partition coefficient (Wildman–Crippen LogP) is 6.07. The van der Waals surface area contributed by atoms with E-state index < -0.39 is 0 Å². The first-order valence-corrected chi connectivity index (χ1v) is 8.62. The van der Waals surface area contributed by atoms with Crippen LogP contribution in [0, 0.1) is 0 Å². The zero-order valence-electron chi connectivity index (χ0n) is 13.6. The van der Waals surface area contributed by atoms with E-state index in [0.717, 1.165) is 34.0 Å². The third kappa shape index (κ3) is 3.35. The van der Waals surface area contributed by atoms with Gasteiger partial charge in [-0.2, -0.15) is 0 Å². The van der Waals surface area contributed by atoms with Crippen molar-refractivity contribution in [2.75, 3.05) is 0 Å². The molecule has 0 saturated heterocycles. The van der Waals surface area contributed by atoms with Gasteiger partial charge in [-0.15, -0.1) is 0 Å². The number of allylic oxidation sites excluding steroid dienone is 1. The van der Waals surface area contributed by atoms with Gasteiger partial charge in [-0.25, -0.2) is 4.98 Å². The number of imidazole rings is 1. The Morgan fingerprint density at radius 1 is 0.840 bits per heavy atom. The molecule has 0 fully saturated rings. The Kier molecular flexibility index (Phi) is 4.36. The first-order valence-electron chi connectivity index (χ1n) is 8.24. The van der Waals surface area contributed by atoms with Crippen molar-refractivity contribution in [3.63, 3.8) is 0 Å². The molecule has 1 heterocycles. The maximum Gasteiger partial charge on any atom is 0.141 e. The molecule has 0 radical (unpaired) electrons. The highest BCUT2D eigenvalue weighted by molar-refractivity contribution is 6.30. The van der Waals surface area contributed by atoms with Crippen LogP contribution in [0.4, 0.5) is 0 Å². The molecule has 4 rings (SSSR count). The van der Waals surface area contributed by atoms with Gasteiger partial charge in [0.1, 0.15) is 5.82 Å². The summed E-state index contributed by atoms with van der Waals surface area (Å²) in [6.07, 6.45) is 4.31. The molecule has 0 amide bonds. The highest BCUT2D eigenvalue weighted by atomic mass is 35.5. The third-order valence-corrected chi connectivity index (χ3v) is 4.41. The Labute approximate surface area is 152 Å². The van der Waals surface area contributed by atoms with Gasteiger partial charge in [-0.1, -0.05) is 66.2 Å². The maximum absolute atomic E-state index is 6.03. The lowest BCUT2D eigenvalue weighted by molar-refractivity contribution is 0.863. The molecule has 0 bridgehead atoms. The largest absolute Gasteiger partial charge is 0.320 e. The highest BCUT2D eigenvalue weighted by Crippen LogP contribution is 2.26. The molecule has 0 saturated carbocycles. The number of aromatic nitrogens is 2. The molecule has 0 aliphatic heterocycles. The predicted molar refractivity (Wildman–Crippen MR) is 106 cm³/mol. The first kappa shape index (κ1) is 15.7. The number of halogens is 1. The van der Waals surface area contributed by atoms with Gasteiger partial charge in [-0.3, -0.25) is 0 Å². The maximum atomic E-state index is 6.03. The number of fused-ring (bicyclic) bond motifs is 1. The Balaban J connectivity index is 1.74. The topological polar surface area (TPSA) is 17.8 Å². The molecule has 3 aromatic carbocycles. The third-order valence-electron chi connectivity index (χ3n) is 4.15. The van der Waals surface area contributed by atoms with Crippen LogP contribution in [0.2, 0.25) is 5.02 Å². The van der Waals surface area contributed by atoms with E-state index in [1.165, 1.54) is 5.56 Å². The van der Waals surface area contributed by atoms with Gasteiger partial charge in [0.15, 0.2) is 0 Å². The van der Waals surface area contributed by atoms with E-state index >= 15 is 0 Å². The molecular weight excluding hydrogens is 328 g/mol. The second-order valence-electron chi connectivity index (χ2n) is 5.85. The SMILES string of the molecule is Clc1ccc(-c2nc3ccccc3n2C/C=C/c2ccccc2)cc1. The average Bonchev–Trinajstić information content (AvgIpc) is 3.02. The number of hydrogen-bond donors (Lipinski definition) is 0. The van der Waals surface area contributed by atoms with Gasteiger partial charge in [0.05, 0.1) is 11.0 Å². The summed E-state index contributed by atoms with van der Waals surface area (Å²) in [5.41, 5.74) is 4.39. The van der Waals surface area contributed by atoms with Crippen LogP contribution < -0.4 is 0 Å². The van der Waals surface area contributed by atoms with E-state index in [1.807, 2.05) is 60.7 Å². The van der Waals surface area contributed by atoms with Gasteiger partial charge in [-0.05, 0) is 42.0 Å². The second-order valence-corrected chi connectivity index (χ2v) is 6.29. The zero-order chi connectivity index (χ0) is 17.1. The van der Waals surface area contributed by atoms with Gasteiger partial charge in [0.25, 0.3) is 0 Å². The quantitative estimate of drug-likeness (QED) is 0.439. The van der Waals surface area contributed by atoms with Crippen molar-refractivity contribution in [3.8, 4) is 11.4 Å². The summed E-state index contributed by atoms with van der Waals surface area (Å²) in [6.45, 7) is 0.757. The summed E-state index contributed by atoms with van der Waals surface area (Å²) >= 11 is 6.03. The van der Waals surface area contributed by atoms with E-state index in [0.29, 0.717) is 0 Å². The lowest BCUT2D eigenvalue weighted by Gasteiger charge is -2.07.